The van der Waals surface area contributed by atoms with Gasteiger partial charge in [0.2, 0.25) is 0 Å². The van der Waals surface area contributed by atoms with E-state index in [1.807, 2.05) is 0 Å². The van der Waals surface area contributed by atoms with E-state index < -0.39 is 0 Å². The van der Waals surface area contributed by atoms with E-state index in [1.54, 1.807) is 5.57 Å². The zero-order valence-corrected chi connectivity index (χ0v) is 14.1. The SMILES string of the molecule is CCCCCCCCCCCC(NC)C1=CCCCC1. The molecule has 0 aliphatic heterocycles. The number of hydrogen-bond acceptors (Lipinski definition) is 1. The molecule has 1 nitrogen and oxygen atoms in total. The molecule has 1 heteroatoms. The van der Waals surface area contributed by atoms with Crippen LogP contribution in [0.1, 0.15) is 96.8 Å². The number of hydrogen-bond donors (Lipinski definition) is 1. The molecule has 0 amide bonds. The Morgan fingerprint density at radius 1 is 0.950 bits per heavy atom. The summed E-state index contributed by atoms with van der Waals surface area (Å²) in [6.07, 6.45) is 22.2. The Labute approximate surface area is 127 Å². The number of allylic oxidation sites excluding steroid dienone is 1. The highest BCUT2D eigenvalue weighted by Gasteiger charge is 2.13. The van der Waals surface area contributed by atoms with Crippen molar-refractivity contribution in [3.8, 4) is 0 Å². The molecule has 1 atom stereocenters. The first-order valence-electron chi connectivity index (χ1n) is 9.24. The lowest BCUT2D eigenvalue weighted by Gasteiger charge is -2.22. The molecule has 0 heterocycles. The van der Waals surface area contributed by atoms with Gasteiger partial charge in [-0.1, -0.05) is 76.4 Å². The molecule has 20 heavy (non-hydrogen) atoms. The van der Waals surface area contributed by atoms with Crippen LogP contribution in [0.2, 0.25) is 0 Å². The van der Waals surface area contributed by atoms with E-state index in [-0.39, 0.29) is 0 Å². The maximum atomic E-state index is 3.53. The number of nitrogens with one attached hydrogen (secondary N) is 1. The molecule has 1 N–H and O–H groups in total. The van der Waals surface area contributed by atoms with Gasteiger partial charge in [0.05, 0.1) is 0 Å². The average Bonchev–Trinajstić information content (AvgIpc) is 2.50. The van der Waals surface area contributed by atoms with Crippen LogP contribution in [0.3, 0.4) is 0 Å². The van der Waals surface area contributed by atoms with Gasteiger partial charge in [-0.25, -0.2) is 0 Å². The maximum Gasteiger partial charge on any atom is 0.0276 e. The summed E-state index contributed by atoms with van der Waals surface area (Å²) < 4.78 is 0. The summed E-state index contributed by atoms with van der Waals surface area (Å²) in [7, 11) is 2.13. The summed E-state index contributed by atoms with van der Waals surface area (Å²) in [5.41, 5.74) is 1.69. The van der Waals surface area contributed by atoms with Gasteiger partial charge < -0.3 is 5.32 Å². The fourth-order valence-corrected chi connectivity index (χ4v) is 3.35. The molecule has 1 aliphatic carbocycles. The standard InChI is InChI=1S/C19H37N/c1-3-4-5-6-7-8-9-10-14-17-19(20-2)18-15-12-11-13-16-18/h15,19-20H,3-14,16-17H2,1-2H3. The Morgan fingerprint density at radius 2 is 1.60 bits per heavy atom. The van der Waals surface area contributed by atoms with Crippen LogP contribution in [-0.2, 0) is 0 Å². The van der Waals surface area contributed by atoms with Crippen molar-refractivity contribution in [2.24, 2.45) is 0 Å². The fraction of sp³-hybridized carbons (Fsp3) is 0.895. The van der Waals surface area contributed by atoms with Crippen LogP contribution in [0, 0.1) is 0 Å². The number of likely N-dealkylation sites (N-methyl/N-ethyl adjacent to an activating group) is 1. The molecule has 0 radical (unpaired) electrons. The molecule has 1 aliphatic rings. The molecule has 0 spiro atoms. The van der Waals surface area contributed by atoms with Crippen molar-refractivity contribution < 1.29 is 0 Å². The Balaban J connectivity index is 1.97. The minimum Gasteiger partial charge on any atom is -0.313 e. The molecule has 118 valence electrons. The highest BCUT2D eigenvalue weighted by atomic mass is 14.9. The van der Waals surface area contributed by atoms with Crippen molar-refractivity contribution in [3.63, 3.8) is 0 Å². The van der Waals surface area contributed by atoms with Crippen molar-refractivity contribution in [2.75, 3.05) is 7.05 Å². The first kappa shape index (κ1) is 17.8. The summed E-state index contributed by atoms with van der Waals surface area (Å²) >= 11 is 0. The summed E-state index contributed by atoms with van der Waals surface area (Å²) in [6.45, 7) is 2.29. The highest BCUT2D eigenvalue weighted by Crippen LogP contribution is 2.23. The lowest BCUT2D eigenvalue weighted by atomic mass is 9.91. The van der Waals surface area contributed by atoms with E-state index in [4.69, 9.17) is 0 Å². The Kier molecular flexibility index (Phi) is 11.0. The molecular formula is C19H37N. The minimum atomic E-state index is 0.667. The average molecular weight is 280 g/mol. The van der Waals surface area contributed by atoms with Gasteiger partial charge in [-0.15, -0.1) is 0 Å². The van der Waals surface area contributed by atoms with Gasteiger partial charge in [0.15, 0.2) is 0 Å². The second kappa shape index (κ2) is 12.4. The third-order valence-corrected chi connectivity index (χ3v) is 4.72. The maximum absolute atomic E-state index is 3.53. The predicted molar refractivity (Wildman–Crippen MR) is 91.2 cm³/mol. The predicted octanol–water partition coefficient (Wildman–Crippen LogP) is 6.00. The Bertz CT molecular complexity index is 244. The van der Waals surface area contributed by atoms with Crippen LogP contribution in [0.25, 0.3) is 0 Å². The normalized spacial score (nSPS) is 17.0. The highest BCUT2D eigenvalue weighted by molar-refractivity contribution is 5.12. The zero-order valence-electron chi connectivity index (χ0n) is 14.1. The first-order valence-corrected chi connectivity index (χ1v) is 9.24. The van der Waals surface area contributed by atoms with E-state index in [1.165, 1.54) is 89.9 Å². The van der Waals surface area contributed by atoms with Gasteiger partial charge in [-0.05, 0) is 39.2 Å². The van der Waals surface area contributed by atoms with E-state index in [0.29, 0.717) is 6.04 Å². The van der Waals surface area contributed by atoms with Crippen molar-refractivity contribution in [3.05, 3.63) is 11.6 Å². The topological polar surface area (TPSA) is 12.0 Å². The van der Waals surface area contributed by atoms with E-state index in [2.05, 4.69) is 25.4 Å². The van der Waals surface area contributed by atoms with Crippen LogP contribution in [0.15, 0.2) is 11.6 Å². The molecule has 0 aromatic rings. The number of unbranched alkanes of at least 4 members (excludes halogenated alkanes) is 8. The van der Waals surface area contributed by atoms with Gasteiger partial charge in [-0.3, -0.25) is 0 Å². The molecule has 0 fully saturated rings. The summed E-state index contributed by atoms with van der Waals surface area (Å²) in [5, 5.41) is 3.53. The third kappa shape index (κ3) is 8.09. The molecule has 0 aromatic carbocycles. The third-order valence-electron chi connectivity index (χ3n) is 4.72. The monoisotopic (exact) mass is 279 g/mol. The van der Waals surface area contributed by atoms with E-state index in [9.17, 15) is 0 Å². The van der Waals surface area contributed by atoms with Crippen molar-refractivity contribution >= 4 is 0 Å². The van der Waals surface area contributed by atoms with Gasteiger partial charge in [0, 0.05) is 6.04 Å². The molecule has 0 aromatic heterocycles. The van der Waals surface area contributed by atoms with E-state index >= 15 is 0 Å². The fourth-order valence-electron chi connectivity index (χ4n) is 3.35. The quantitative estimate of drug-likeness (QED) is 0.341. The van der Waals surface area contributed by atoms with Crippen molar-refractivity contribution in [2.45, 2.75) is 103 Å². The van der Waals surface area contributed by atoms with Gasteiger partial charge in [-0.2, -0.15) is 0 Å². The molecule has 1 rings (SSSR count). The second-order valence-corrected chi connectivity index (χ2v) is 6.48. The Morgan fingerprint density at radius 3 is 2.15 bits per heavy atom. The molecule has 0 saturated heterocycles. The first-order chi connectivity index (χ1) is 9.88. The van der Waals surface area contributed by atoms with Crippen molar-refractivity contribution in [1.29, 1.82) is 0 Å². The molecule has 0 saturated carbocycles. The van der Waals surface area contributed by atoms with Gasteiger partial charge >= 0.3 is 0 Å². The smallest absolute Gasteiger partial charge is 0.0276 e. The second-order valence-electron chi connectivity index (χ2n) is 6.48. The lowest BCUT2D eigenvalue weighted by molar-refractivity contribution is 0.496. The zero-order chi connectivity index (χ0) is 14.5. The van der Waals surface area contributed by atoms with Crippen LogP contribution in [-0.4, -0.2) is 13.1 Å². The van der Waals surface area contributed by atoms with Crippen LogP contribution in [0.5, 0.6) is 0 Å². The number of rotatable bonds is 12. The van der Waals surface area contributed by atoms with Crippen LogP contribution in [0.4, 0.5) is 0 Å². The minimum absolute atomic E-state index is 0.667. The molecule has 1 unspecified atom stereocenters. The van der Waals surface area contributed by atoms with E-state index in [0.717, 1.165) is 0 Å². The summed E-state index contributed by atoms with van der Waals surface area (Å²) in [4.78, 5) is 0. The van der Waals surface area contributed by atoms with Gasteiger partial charge in [0.25, 0.3) is 0 Å². The molecular weight excluding hydrogens is 242 g/mol. The van der Waals surface area contributed by atoms with Crippen molar-refractivity contribution in [1.82, 2.24) is 5.32 Å². The van der Waals surface area contributed by atoms with Gasteiger partial charge in [0.1, 0.15) is 0 Å². The van der Waals surface area contributed by atoms with Crippen LogP contribution < -0.4 is 5.32 Å². The van der Waals surface area contributed by atoms with Crippen LogP contribution >= 0.6 is 0 Å². The summed E-state index contributed by atoms with van der Waals surface area (Å²) in [6, 6.07) is 0.667. The lowest BCUT2D eigenvalue weighted by Crippen LogP contribution is -2.28. The Hall–Kier alpha value is -0.300. The summed E-state index contributed by atoms with van der Waals surface area (Å²) in [5.74, 6) is 0. The largest absolute Gasteiger partial charge is 0.313 e. The molecule has 0 bridgehead atoms.